The Hall–Kier alpha value is -4.32. The zero-order chi connectivity index (χ0) is 23.7. The number of hydrogen-bond donors (Lipinski definition) is 2. The van der Waals surface area contributed by atoms with E-state index in [2.05, 4.69) is 11.1 Å². The van der Waals surface area contributed by atoms with E-state index in [0.717, 1.165) is 39.0 Å². The molecule has 2 heterocycles. The van der Waals surface area contributed by atoms with Crippen molar-refractivity contribution in [1.82, 2.24) is 9.88 Å². The van der Waals surface area contributed by atoms with Crippen LogP contribution < -0.4 is 4.74 Å². The summed E-state index contributed by atoms with van der Waals surface area (Å²) in [7, 11) is 1.63. The Balaban J connectivity index is 1.50. The topological polar surface area (TPSA) is 82.6 Å². The number of aromatic amines is 1. The minimum atomic E-state index is -0.953. The molecule has 1 atom stereocenters. The van der Waals surface area contributed by atoms with Crippen LogP contribution in [0.4, 0.5) is 0 Å². The first-order valence-corrected chi connectivity index (χ1v) is 11.1. The monoisotopic (exact) mass is 452 g/mol. The van der Waals surface area contributed by atoms with Gasteiger partial charge in [0.2, 0.25) is 5.91 Å². The molecule has 0 spiro atoms. The largest absolute Gasteiger partial charge is 0.497 e. The van der Waals surface area contributed by atoms with E-state index in [0.29, 0.717) is 13.0 Å². The van der Waals surface area contributed by atoms with Crippen LogP contribution in [0.5, 0.6) is 5.75 Å². The number of carbonyl (C=O) groups is 2. The van der Waals surface area contributed by atoms with Crippen LogP contribution in [0.1, 0.15) is 38.8 Å². The van der Waals surface area contributed by atoms with Crippen molar-refractivity contribution in [3.63, 3.8) is 0 Å². The van der Waals surface area contributed by atoms with Gasteiger partial charge in [-0.1, -0.05) is 54.6 Å². The van der Waals surface area contributed by atoms with E-state index in [1.807, 2.05) is 59.5 Å². The van der Waals surface area contributed by atoms with Gasteiger partial charge in [0.1, 0.15) is 5.75 Å². The molecule has 1 amide bonds. The van der Waals surface area contributed by atoms with Crippen LogP contribution in [-0.2, 0) is 11.2 Å². The van der Waals surface area contributed by atoms with E-state index in [-0.39, 0.29) is 17.5 Å². The molecule has 1 aliphatic rings. The van der Waals surface area contributed by atoms with Crippen molar-refractivity contribution in [3.8, 4) is 5.75 Å². The number of fused-ring (bicyclic) bond motifs is 3. The van der Waals surface area contributed by atoms with Crippen LogP contribution in [0.15, 0.2) is 78.9 Å². The molecular formula is C28H24N2O4. The number of nitrogens with zero attached hydrogens (tertiary/aromatic N) is 1. The average molecular weight is 453 g/mol. The highest BCUT2D eigenvalue weighted by Crippen LogP contribution is 2.39. The molecule has 4 aromatic rings. The summed E-state index contributed by atoms with van der Waals surface area (Å²) >= 11 is 0. The number of aromatic nitrogens is 1. The van der Waals surface area contributed by atoms with Crippen molar-refractivity contribution in [3.05, 3.63) is 107 Å². The number of amides is 1. The quantitative estimate of drug-likeness (QED) is 0.428. The normalized spacial score (nSPS) is 15.6. The number of aromatic carboxylic acids is 1. The average Bonchev–Trinajstić information content (AvgIpc) is 3.22. The van der Waals surface area contributed by atoms with Crippen LogP contribution in [0.2, 0.25) is 0 Å². The molecular weight excluding hydrogens is 428 g/mol. The number of nitrogens with one attached hydrogen (secondary N) is 1. The third-order valence-electron chi connectivity index (χ3n) is 6.28. The summed E-state index contributed by atoms with van der Waals surface area (Å²) in [5, 5.41) is 10.2. The van der Waals surface area contributed by atoms with Gasteiger partial charge >= 0.3 is 5.97 Å². The minimum absolute atomic E-state index is 0.0592. The Morgan fingerprint density at radius 1 is 1.09 bits per heavy atom. The van der Waals surface area contributed by atoms with Crippen LogP contribution in [-0.4, -0.2) is 40.5 Å². The predicted octanol–water partition coefficient (Wildman–Crippen LogP) is 5.06. The fraction of sp³-hybridized carbons (Fsp3) is 0.143. The van der Waals surface area contributed by atoms with Gasteiger partial charge in [-0.2, -0.15) is 0 Å². The Morgan fingerprint density at radius 3 is 2.53 bits per heavy atom. The third-order valence-corrected chi connectivity index (χ3v) is 6.28. The van der Waals surface area contributed by atoms with Crippen LogP contribution in [0.3, 0.4) is 0 Å². The molecule has 0 saturated carbocycles. The molecule has 0 bridgehead atoms. The molecule has 5 rings (SSSR count). The second kappa shape index (κ2) is 8.90. The van der Waals surface area contributed by atoms with E-state index in [9.17, 15) is 9.59 Å². The highest BCUT2D eigenvalue weighted by atomic mass is 16.5. The summed E-state index contributed by atoms with van der Waals surface area (Å²) < 4.78 is 5.32. The van der Waals surface area contributed by atoms with E-state index in [1.54, 1.807) is 31.4 Å². The number of para-hydroxylation sites is 1. The van der Waals surface area contributed by atoms with E-state index >= 15 is 0 Å². The maximum atomic E-state index is 13.4. The Labute approximate surface area is 197 Å². The molecule has 170 valence electrons. The van der Waals surface area contributed by atoms with Crippen molar-refractivity contribution in [2.75, 3.05) is 13.7 Å². The summed E-state index contributed by atoms with van der Waals surface area (Å²) in [6.07, 6.45) is 4.19. The van der Waals surface area contributed by atoms with Crippen molar-refractivity contribution in [2.45, 2.75) is 12.5 Å². The number of ether oxygens (including phenoxy) is 1. The highest BCUT2D eigenvalue weighted by molar-refractivity contribution is 5.93. The summed E-state index contributed by atoms with van der Waals surface area (Å²) in [6.45, 7) is 0.422. The number of carbonyl (C=O) groups excluding carboxylic acids is 1. The summed E-state index contributed by atoms with van der Waals surface area (Å²) in [6, 6.07) is 22.3. The fourth-order valence-corrected chi connectivity index (χ4v) is 4.58. The van der Waals surface area contributed by atoms with Gasteiger partial charge in [0, 0.05) is 23.1 Å². The lowest BCUT2D eigenvalue weighted by atomic mass is 9.92. The van der Waals surface area contributed by atoms with E-state index < -0.39 is 5.97 Å². The van der Waals surface area contributed by atoms with Gasteiger partial charge < -0.3 is 19.7 Å². The first kappa shape index (κ1) is 21.5. The lowest BCUT2D eigenvalue weighted by molar-refractivity contribution is -0.132. The molecule has 0 aliphatic carbocycles. The molecule has 6 nitrogen and oxygen atoms in total. The van der Waals surface area contributed by atoms with Crippen LogP contribution in [0, 0.1) is 0 Å². The Morgan fingerprint density at radius 2 is 1.82 bits per heavy atom. The lowest BCUT2D eigenvalue weighted by Crippen LogP contribution is -2.40. The van der Waals surface area contributed by atoms with Gasteiger partial charge in [-0.25, -0.2) is 4.79 Å². The van der Waals surface area contributed by atoms with Crippen molar-refractivity contribution in [1.29, 1.82) is 0 Å². The van der Waals surface area contributed by atoms with Crippen molar-refractivity contribution >= 4 is 28.9 Å². The number of carboxylic acid groups (broad SMARTS) is 1. The zero-order valence-electron chi connectivity index (χ0n) is 18.7. The van der Waals surface area contributed by atoms with Gasteiger partial charge in [-0.3, -0.25) is 4.79 Å². The molecule has 3 aromatic carbocycles. The molecule has 2 N–H and O–H groups in total. The fourth-order valence-electron chi connectivity index (χ4n) is 4.58. The SMILES string of the molecule is COc1ccc(C2c3[nH]c4ccccc4c3CC(=O)N2C/C=C/c2ccc(C(=O)O)cc2)cc1. The third kappa shape index (κ3) is 3.94. The molecule has 6 heteroatoms. The molecule has 0 radical (unpaired) electrons. The minimum Gasteiger partial charge on any atom is -0.497 e. The number of benzene rings is 3. The smallest absolute Gasteiger partial charge is 0.335 e. The molecule has 1 aliphatic heterocycles. The van der Waals surface area contributed by atoms with Gasteiger partial charge in [-0.05, 0) is 47.0 Å². The second-order valence-electron chi connectivity index (χ2n) is 8.29. The highest BCUT2D eigenvalue weighted by Gasteiger charge is 2.35. The van der Waals surface area contributed by atoms with Gasteiger partial charge in [0.25, 0.3) is 0 Å². The van der Waals surface area contributed by atoms with Crippen LogP contribution in [0.25, 0.3) is 17.0 Å². The maximum Gasteiger partial charge on any atom is 0.335 e. The van der Waals surface area contributed by atoms with Gasteiger partial charge in [0.15, 0.2) is 0 Å². The number of carboxylic acids is 1. The van der Waals surface area contributed by atoms with Gasteiger partial charge in [0.05, 0.1) is 25.1 Å². The predicted molar refractivity (Wildman–Crippen MR) is 131 cm³/mol. The second-order valence-corrected chi connectivity index (χ2v) is 8.29. The van der Waals surface area contributed by atoms with E-state index in [4.69, 9.17) is 9.84 Å². The lowest BCUT2D eigenvalue weighted by Gasteiger charge is -2.35. The molecule has 0 fully saturated rings. The molecule has 1 aromatic heterocycles. The molecule has 34 heavy (non-hydrogen) atoms. The number of hydrogen-bond acceptors (Lipinski definition) is 3. The molecule has 0 saturated heterocycles. The first-order chi connectivity index (χ1) is 16.5. The number of rotatable bonds is 6. The maximum absolute atomic E-state index is 13.4. The number of methoxy groups -OCH3 is 1. The van der Waals surface area contributed by atoms with E-state index in [1.165, 1.54) is 0 Å². The van der Waals surface area contributed by atoms with Gasteiger partial charge in [-0.15, -0.1) is 0 Å². The van der Waals surface area contributed by atoms with Crippen molar-refractivity contribution < 1.29 is 19.4 Å². The summed E-state index contributed by atoms with van der Waals surface area (Å²) in [5.41, 5.74) is 5.22. The Kier molecular flexibility index (Phi) is 5.64. The zero-order valence-corrected chi connectivity index (χ0v) is 18.7. The Bertz CT molecular complexity index is 1380. The standard InChI is InChI=1S/C28H24N2O4/c1-34-21-14-12-19(13-15-21)27-26-23(22-6-2-3-7-24(22)29-26)17-25(31)30(27)16-4-5-18-8-10-20(11-9-18)28(32)33/h2-15,27,29H,16-17H2,1H3,(H,32,33)/b5-4+. The first-order valence-electron chi connectivity index (χ1n) is 11.1. The number of H-pyrrole nitrogens is 1. The summed E-state index contributed by atoms with van der Waals surface area (Å²) in [5.74, 6) is -0.131. The van der Waals surface area contributed by atoms with Crippen molar-refractivity contribution in [2.24, 2.45) is 0 Å². The van der Waals surface area contributed by atoms with Crippen LogP contribution >= 0.6 is 0 Å². The summed E-state index contributed by atoms with van der Waals surface area (Å²) in [4.78, 5) is 29.9. The molecule has 1 unspecified atom stereocenters.